The lowest BCUT2D eigenvalue weighted by molar-refractivity contribution is -0.133. The summed E-state index contributed by atoms with van der Waals surface area (Å²) in [4.78, 5) is 22.3. The molecular weight excluding hydrogens is 433 g/mol. The maximum absolute atomic E-state index is 12.5. The molecule has 2 saturated heterocycles. The molecule has 1 N–H and O–H groups in total. The van der Waals surface area contributed by atoms with Crippen molar-refractivity contribution in [3.05, 3.63) is 23.4 Å². The van der Waals surface area contributed by atoms with Crippen LogP contribution in [-0.4, -0.2) is 65.1 Å². The number of carbonyl (C=O) groups is 1. The van der Waals surface area contributed by atoms with Gasteiger partial charge in [0, 0.05) is 32.6 Å². The van der Waals surface area contributed by atoms with Crippen LogP contribution in [-0.2, 0) is 11.3 Å². The molecule has 0 radical (unpaired) electrons. The number of nitrogens with zero attached hydrogens (tertiary/aromatic N) is 4. The van der Waals surface area contributed by atoms with Crippen molar-refractivity contribution in [1.29, 1.82) is 0 Å². The molecule has 0 aromatic carbocycles. The highest BCUT2D eigenvalue weighted by molar-refractivity contribution is 7.13. The van der Waals surface area contributed by atoms with Gasteiger partial charge in [0.15, 0.2) is 0 Å². The van der Waals surface area contributed by atoms with E-state index in [0.717, 1.165) is 50.6 Å². The Morgan fingerprint density at radius 1 is 1.21 bits per heavy atom. The third kappa shape index (κ3) is 6.65. The van der Waals surface area contributed by atoms with Gasteiger partial charge in [0.1, 0.15) is 0 Å². The molecule has 2 aromatic heterocycles. The fraction of sp³-hybridized carbons (Fsp3) is 0.632. The van der Waals surface area contributed by atoms with Crippen LogP contribution >= 0.6 is 36.2 Å². The predicted molar refractivity (Wildman–Crippen MR) is 119 cm³/mol. The first-order chi connectivity index (χ1) is 13.3. The molecule has 162 valence electrons. The quantitative estimate of drug-likeness (QED) is 0.712. The zero-order valence-electron chi connectivity index (χ0n) is 16.4. The maximum Gasteiger partial charge on any atom is 0.241 e. The number of thiophene rings is 1. The normalized spacial score (nSPS) is 18.1. The number of carbonyl (C=O) groups excluding carboxylic acids is 1. The predicted octanol–water partition coefficient (Wildman–Crippen LogP) is 3.07. The number of hydrogen-bond donors (Lipinski definition) is 1. The van der Waals surface area contributed by atoms with Gasteiger partial charge < -0.3 is 14.7 Å². The molecule has 2 fully saturated rings. The van der Waals surface area contributed by atoms with E-state index in [1.54, 1.807) is 11.3 Å². The fourth-order valence-corrected chi connectivity index (χ4v) is 4.48. The van der Waals surface area contributed by atoms with Gasteiger partial charge in [-0.15, -0.1) is 36.2 Å². The van der Waals surface area contributed by atoms with Crippen LogP contribution in [0.3, 0.4) is 0 Å². The first-order valence-electron chi connectivity index (χ1n) is 9.85. The van der Waals surface area contributed by atoms with Gasteiger partial charge in [0.25, 0.3) is 0 Å². The van der Waals surface area contributed by atoms with Crippen molar-refractivity contribution in [2.24, 2.45) is 5.92 Å². The Bertz CT molecular complexity index is 729. The van der Waals surface area contributed by atoms with E-state index >= 15 is 0 Å². The Morgan fingerprint density at radius 2 is 1.97 bits per heavy atom. The highest BCUT2D eigenvalue weighted by Gasteiger charge is 2.23. The Balaban J connectivity index is 0.00000150. The standard InChI is InChI=1S/C19H27N5O2S.2ClH/c25-18(4-3-15-5-7-20-8-6-15)24-11-9-23(10-12-24)14-17-21-19(22-26-17)16-2-1-13-27-16;;/h1-2,13,15,20H,3-12,14H2;2*1H. The minimum atomic E-state index is 0. The average Bonchev–Trinajstić information content (AvgIpc) is 3.39. The minimum absolute atomic E-state index is 0. The van der Waals surface area contributed by atoms with Gasteiger partial charge >= 0.3 is 0 Å². The van der Waals surface area contributed by atoms with Crippen LogP contribution in [0.25, 0.3) is 10.7 Å². The number of nitrogens with one attached hydrogen (secondary N) is 1. The summed E-state index contributed by atoms with van der Waals surface area (Å²) in [6.45, 7) is 6.14. The second kappa shape index (κ2) is 11.9. The molecule has 0 bridgehead atoms. The van der Waals surface area contributed by atoms with E-state index in [1.165, 1.54) is 12.8 Å². The van der Waals surface area contributed by atoms with Crippen molar-refractivity contribution in [3.63, 3.8) is 0 Å². The summed E-state index contributed by atoms with van der Waals surface area (Å²) in [5.74, 6) is 2.33. The van der Waals surface area contributed by atoms with Gasteiger partial charge in [-0.2, -0.15) is 4.98 Å². The van der Waals surface area contributed by atoms with E-state index in [1.807, 2.05) is 22.4 Å². The van der Waals surface area contributed by atoms with Crippen LogP contribution in [0.5, 0.6) is 0 Å². The highest BCUT2D eigenvalue weighted by Crippen LogP contribution is 2.22. The molecule has 1 amide bonds. The minimum Gasteiger partial charge on any atom is -0.340 e. The van der Waals surface area contributed by atoms with Crippen molar-refractivity contribution >= 4 is 42.1 Å². The second-order valence-corrected chi connectivity index (χ2v) is 8.33. The lowest BCUT2D eigenvalue weighted by Crippen LogP contribution is -2.48. The van der Waals surface area contributed by atoms with Crippen molar-refractivity contribution in [2.75, 3.05) is 39.3 Å². The topological polar surface area (TPSA) is 74.5 Å². The molecule has 0 spiro atoms. The van der Waals surface area contributed by atoms with Gasteiger partial charge in [-0.1, -0.05) is 11.2 Å². The Hall–Kier alpha value is -1.19. The monoisotopic (exact) mass is 461 g/mol. The number of rotatable bonds is 6. The van der Waals surface area contributed by atoms with Crippen molar-refractivity contribution in [2.45, 2.75) is 32.2 Å². The summed E-state index contributed by atoms with van der Waals surface area (Å²) < 4.78 is 5.39. The molecule has 10 heteroatoms. The van der Waals surface area contributed by atoms with Gasteiger partial charge in [0.2, 0.25) is 17.6 Å². The van der Waals surface area contributed by atoms with Crippen LogP contribution in [0.15, 0.2) is 22.0 Å². The van der Waals surface area contributed by atoms with Gasteiger partial charge in [-0.05, 0) is 49.7 Å². The molecule has 0 saturated carbocycles. The summed E-state index contributed by atoms with van der Waals surface area (Å²) in [5.41, 5.74) is 0. The highest BCUT2D eigenvalue weighted by atomic mass is 35.5. The lowest BCUT2D eigenvalue weighted by Gasteiger charge is -2.34. The molecule has 4 rings (SSSR count). The molecule has 2 aromatic rings. The Labute approximate surface area is 188 Å². The molecule has 7 nitrogen and oxygen atoms in total. The summed E-state index contributed by atoms with van der Waals surface area (Å²) in [5, 5.41) is 9.45. The molecular formula is C19H29Cl2N5O2S. The third-order valence-electron chi connectivity index (χ3n) is 5.52. The first-order valence-corrected chi connectivity index (χ1v) is 10.7. The van der Waals surface area contributed by atoms with Crippen molar-refractivity contribution < 1.29 is 9.32 Å². The summed E-state index contributed by atoms with van der Waals surface area (Å²) in [7, 11) is 0. The van der Waals surface area contributed by atoms with E-state index in [2.05, 4.69) is 20.4 Å². The maximum atomic E-state index is 12.5. The number of halogens is 2. The van der Waals surface area contributed by atoms with Gasteiger partial charge in [0.05, 0.1) is 11.4 Å². The number of piperazine rings is 1. The molecule has 0 aliphatic carbocycles. The molecule has 0 atom stereocenters. The molecule has 4 heterocycles. The first kappa shape index (κ1) is 24.1. The van der Waals surface area contributed by atoms with Crippen LogP contribution < -0.4 is 5.32 Å². The van der Waals surface area contributed by atoms with Crippen LogP contribution in [0.1, 0.15) is 31.6 Å². The molecule has 29 heavy (non-hydrogen) atoms. The number of piperidine rings is 1. The average molecular weight is 462 g/mol. The van der Waals surface area contributed by atoms with E-state index < -0.39 is 0 Å². The SMILES string of the molecule is Cl.Cl.O=C(CCC1CCNCC1)N1CCN(Cc2nc(-c3cccs3)no2)CC1. The Kier molecular flexibility index (Phi) is 9.85. The summed E-state index contributed by atoms with van der Waals surface area (Å²) >= 11 is 1.61. The summed E-state index contributed by atoms with van der Waals surface area (Å²) in [6, 6.07) is 3.98. The lowest BCUT2D eigenvalue weighted by atomic mass is 9.93. The second-order valence-electron chi connectivity index (χ2n) is 7.38. The third-order valence-corrected chi connectivity index (χ3v) is 6.38. The number of hydrogen-bond acceptors (Lipinski definition) is 7. The van der Waals surface area contributed by atoms with E-state index in [9.17, 15) is 4.79 Å². The smallest absolute Gasteiger partial charge is 0.241 e. The van der Waals surface area contributed by atoms with Crippen LogP contribution in [0.4, 0.5) is 0 Å². The molecule has 2 aliphatic rings. The zero-order valence-corrected chi connectivity index (χ0v) is 18.9. The van der Waals surface area contributed by atoms with Crippen LogP contribution in [0, 0.1) is 5.92 Å². The van der Waals surface area contributed by atoms with Crippen molar-refractivity contribution in [1.82, 2.24) is 25.3 Å². The van der Waals surface area contributed by atoms with E-state index in [0.29, 0.717) is 36.5 Å². The number of amides is 1. The summed E-state index contributed by atoms with van der Waals surface area (Å²) in [6.07, 6.45) is 4.14. The van der Waals surface area contributed by atoms with Gasteiger partial charge in [-0.3, -0.25) is 9.69 Å². The van der Waals surface area contributed by atoms with E-state index in [4.69, 9.17) is 4.52 Å². The van der Waals surface area contributed by atoms with E-state index in [-0.39, 0.29) is 24.8 Å². The van der Waals surface area contributed by atoms with Crippen LogP contribution in [0.2, 0.25) is 0 Å². The largest absolute Gasteiger partial charge is 0.340 e. The van der Waals surface area contributed by atoms with Gasteiger partial charge in [-0.25, -0.2) is 0 Å². The Morgan fingerprint density at radius 3 is 2.66 bits per heavy atom. The van der Waals surface area contributed by atoms with Crippen molar-refractivity contribution in [3.8, 4) is 10.7 Å². The zero-order chi connectivity index (χ0) is 18.5. The fourth-order valence-electron chi connectivity index (χ4n) is 3.83. The number of aromatic nitrogens is 2. The molecule has 0 unspecified atom stereocenters. The molecule has 2 aliphatic heterocycles.